The Balaban J connectivity index is 4.44. The molecule has 13 heteroatoms. The van der Waals surface area contributed by atoms with Crippen LogP contribution in [-0.2, 0) is 33.5 Å². The Bertz CT molecular complexity index is 723. The van der Waals surface area contributed by atoms with Crippen LogP contribution in [0.1, 0.15) is 33.1 Å². The minimum Gasteiger partial charge on any atom is -0.480 e. The van der Waals surface area contributed by atoms with Crippen molar-refractivity contribution in [3.8, 4) is 0 Å². The molecular formula is C19H34N4O8S. The fourth-order valence-electron chi connectivity index (χ4n) is 2.17. The van der Waals surface area contributed by atoms with E-state index in [1.807, 2.05) is 0 Å². The molecule has 184 valence electrons. The molecule has 0 aliphatic heterocycles. The first-order chi connectivity index (χ1) is 14.6. The zero-order chi connectivity index (χ0) is 25.1. The molecule has 0 rings (SSSR count). The molecule has 0 heterocycles. The molecule has 0 aromatic carbocycles. The van der Waals surface area contributed by atoms with Gasteiger partial charge in [0, 0.05) is 12.2 Å². The van der Waals surface area contributed by atoms with Crippen LogP contribution in [0, 0.1) is 0 Å². The smallest absolute Gasteiger partial charge is 0.326 e. The lowest BCUT2D eigenvalue weighted by Crippen LogP contribution is -2.54. The Morgan fingerprint density at radius 2 is 1.44 bits per heavy atom. The van der Waals surface area contributed by atoms with Crippen LogP contribution in [-0.4, -0.2) is 89.9 Å². The standard InChI is InChI=1S/C19H34N4O8S/c1-11(21-15(25)6-7-16(26)31-8-9-32(3,4)5)17(27)22-12(2)18(28)23-13(19(29)30)10-14(20)24/h11-13H,6-10H2,1-5H3,(H2,20,24)(H,21,25)(H,22,27)(H,23,28)(H,29,30)/t11-,12-,13-/m0/s1. The van der Waals surface area contributed by atoms with Crippen LogP contribution in [0.4, 0.5) is 0 Å². The average molecular weight is 479 g/mol. The van der Waals surface area contributed by atoms with Crippen molar-refractivity contribution in [1.82, 2.24) is 16.0 Å². The minimum atomic E-state index is -1.53. The van der Waals surface area contributed by atoms with E-state index in [1.165, 1.54) is 13.8 Å². The lowest BCUT2D eigenvalue weighted by molar-refractivity contribution is -0.144. The molecule has 6 N–H and O–H groups in total. The molecule has 0 bridgehead atoms. The van der Waals surface area contributed by atoms with E-state index < -0.39 is 70.1 Å². The van der Waals surface area contributed by atoms with E-state index in [1.54, 1.807) is 0 Å². The van der Waals surface area contributed by atoms with Gasteiger partial charge in [0.1, 0.15) is 18.1 Å². The second kappa shape index (κ2) is 13.6. The summed E-state index contributed by atoms with van der Waals surface area (Å²) in [5.41, 5.74) is 4.94. The quantitative estimate of drug-likeness (QED) is 0.185. The number of carbonyl (C=O) groups is 6. The summed E-state index contributed by atoms with van der Waals surface area (Å²) in [5.74, 6) is -4.18. The van der Waals surface area contributed by atoms with E-state index in [4.69, 9.17) is 15.6 Å². The van der Waals surface area contributed by atoms with Gasteiger partial charge in [-0.05, 0) is 32.6 Å². The maximum absolute atomic E-state index is 12.2. The molecule has 0 aromatic heterocycles. The zero-order valence-corrected chi connectivity index (χ0v) is 19.9. The van der Waals surface area contributed by atoms with Crippen molar-refractivity contribution in [1.29, 1.82) is 0 Å². The molecule has 0 spiro atoms. The predicted octanol–water partition coefficient (Wildman–Crippen LogP) is -1.54. The SMILES string of the molecule is C[C@H](NC(=O)CCC(=O)OCCS(C)(C)C)C(=O)N[C@@H](C)C(=O)N[C@@H](CC(N)=O)C(=O)O. The monoisotopic (exact) mass is 478 g/mol. The van der Waals surface area contributed by atoms with Crippen LogP contribution in [0.3, 0.4) is 0 Å². The third-order valence-corrected chi connectivity index (χ3v) is 5.45. The van der Waals surface area contributed by atoms with Gasteiger partial charge in [-0.1, -0.05) is 0 Å². The van der Waals surface area contributed by atoms with Gasteiger partial charge in [-0.2, -0.15) is 0 Å². The highest BCUT2D eigenvalue weighted by Crippen LogP contribution is 2.33. The van der Waals surface area contributed by atoms with Crippen molar-refractivity contribution in [3.63, 3.8) is 0 Å². The number of carboxylic acids is 1. The normalized spacial score (nSPS) is 14.3. The molecule has 12 nitrogen and oxygen atoms in total. The number of amides is 4. The van der Waals surface area contributed by atoms with Crippen LogP contribution in [0.25, 0.3) is 0 Å². The number of nitrogens with one attached hydrogen (secondary N) is 3. The molecule has 0 fully saturated rings. The van der Waals surface area contributed by atoms with Crippen molar-refractivity contribution < 1.29 is 38.6 Å². The first kappa shape index (κ1) is 29.2. The van der Waals surface area contributed by atoms with Gasteiger partial charge in [0.25, 0.3) is 0 Å². The molecule has 4 amide bonds. The van der Waals surface area contributed by atoms with Crippen molar-refractivity contribution in [3.05, 3.63) is 0 Å². The Labute approximate surface area is 188 Å². The topological polar surface area (TPSA) is 194 Å². The Morgan fingerprint density at radius 3 is 1.94 bits per heavy atom. The first-order valence-electron chi connectivity index (χ1n) is 9.85. The number of aliphatic carboxylic acids is 1. The summed E-state index contributed by atoms with van der Waals surface area (Å²) in [7, 11) is -0.788. The molecule has 0 aliphatic rings. The molecular weight excluding hydrogens is 444 g/mol. The summed E-state index contributed by atoms with van der Waals surface area (Å²) in [5, 5.41) is 15.8. The molecule has 0 saturated carbocycles. The number of rotatable bonds is 14. The van der Waals surface area contributed by atoms with Crippen LogP contribution in [0.2, 0.25) is 0 Å². The fourth-order valence-corrected chi connectivity index (χ4v) is 2.76. The third-order valence-electron chi connectivity index (χ3n) is 4.06. The average Bonchev–Trinajstić information content (AvgIpc) is 2.64. The molecule has 0 aromatic rings. The summed E-state index contributed by atoms with van der Waals surface area (Å²) >= 11 is 0. The Kier molecular flexibility index (Phi) is 12.4. The highest BCUT2D eigenvalue weighted by atomic mass is 32.3. The van der Waals surface area contributed by atoms with E-state index in [2.05, 4.69) is 34.7 Å². The number of ether oxygens (including phenoxy) is 1. The van der Waals surface area contributed by atoms with E-state index in [0.717, 1.165) is 5.75 Å². The summed E-state index contributed by atoms with van der Waals surface area (Å²) in [6.45, 7) is 2.98. The lowest BCUT2D eigenvalue weighted by Gasteiger charge is -2.24. The summed E-state index contributed by atoms with van der Waals surface area (Å²) in [4.78, 5) is 69.8. The van der Waals surface area contributed by atoms with Crippen molar-refractivity contribution >= 4 is 45.6 Å². The Morgan fingerprint density at radius 1 is 0.906 bits per heavy atom. The van der Waals surface area contributed by atoms with Gasteiger partial charge in [0.2, 0.25) is 23.6 Å². The fraction of sp³-hybridized carbons (Fsp3) is 0.684. The van der Waals surface area contributed by atoms with Gasteiger partial charge < -0.3 is 31.5 Å². The molecule has 0 saturated heterocycles. The molecule has 0 radical (unpaired) electrons. The zero-order valence-electron chi connectivity index (χ0n) is 19.1. The predicted molar refractivity (Wildman–Crippen MR) is 119 cm³/mol. The second-order valence-electron chi connectivity index (χ2n) is 8.10. The van der Waals surface area contributed by atoms with Gasteiger partial charge in [0.15, 0.2) is 0 Å². The first-order valence-corrected chi connectivity index (χ1v) is 12.9. The summed E-state index contributed by atoms with van der Waals surface area (Å²) < 4.78 is 5.08. The van der Waals surface area contributed by atoms with E-state index in [-0.39, 0.29) is 12.8 Å². The van der Waals surface area contributed by atoms with Crippen LogP contribution < -0.4 is 21.7 Å². The van der Waals surface area contributed by atoms with Gasteiger partial charge in [-0.3, -0.25) is 24.0 Å². The van der Waals surface area contributed by atoms with Crippen LogP contribution in [0.5, 0.6) is 0 Å². The number of primary amides is 1. The van der Waals surface area contributed by atoms with E-state index in [0.29, 0.717) is 6.61 Å². The minimum absolute atomic E-state index is 0.130. The van der Waals surface area contributed by atoms with E-state index in [9.17, 15) is 28.8 Å². The molecule has 0 aliphatic carbocycles. The van der Waals surface area contributed by atoms with Crippen molar-refractivity contribution in [2.75, 3.05) is 31.1 Å². The molecule has 3 atom stereocenters. The van der Waals surface area contributed by atoms with Crippen molar-refractivity contribution in [2.24, 2.45) is 5.73 Å². The number of nitrogens with two attached hydrogens (primary N) is 1. The highest BCUT2D eigenvalue weighted by molar-refractivity contribution is 8.32. The van der Waals surface area contributed by atoms with Crippen molar-refractivity contribution in [2.45, 2.75) is 51.2 Å². The number of hydrogen-bond donors (Lipinski definition) is 5. The van der Waals surface area contributed by atoms with Gasteiger partial charge in [-0.15, -0.1) is 0 Å². The number of carboxylic acid groups (broad SMARTS) is 1. The number of esters is 1. The Hall–Kier alpha value is -2.83. The van der Waals surface area contributed by atoms with Gasteiger partial charge in [-0.25, -0.2) is 14.8 Å². The summed E-state index contributed by atoms with van der Waals surface area (Å²) in [6, 6.07) is -3.68. The van der Waals surface area contributed by atoms with Crippen LogP contribution >= 0.6 is 10.0 Å². The molecule has 32 heavy (non-hydrogen) atoms. The summed E-state index contributed by atoms with van der Waals surface area (Å²) in [6.07, 6.45) is 5.38. The second-order valence-corrected chi connectivity index (χ2v) is 12.7. The lowest BCUT2D eigenvalue weighted by atomic mass is 10.1. The number of hydrogen-bond acceptors (Lipinski definition) is 7. The highest BCUT2D eigenvalue weighted by Gasteiger charge is 2.26. The van der Waals surface area contributed by atoms with Gasteiger partial charge >= 0.3 is 11.9 Å². The maximum atomic E-state index is 12.2. The maximum Gasteiger partial charge on any atom is 0.326 e. The molecule has 0 unspecified atom stereocenters. The third kappa shape index (κ3) is 13.5. The van der Waals surface area contributed by atoms with E-state index >= 15 is 0 Å². The largest absolute Gasteiger partial charge is 0.480 e. The van der Waals surface area contributed by atoms with Gasteiger partial charge in [0.05, 0.1) is 19.4 Å². The van der Waals surface area contributed by atoms with Crippen LogP contribution in [0.15, 0.2) is 0 Å². The number of carbonyl (C=O) groups excluding carboxylic acids is 5.